The highest BCUT2D eigenvalue weighted by atomic mass is 16.6. The van der Waals surface area contributed by atoms with Crippen LogP contribution >= 0.6 is 0 Å². The molecule has 0 radical (unpaired) electrons. The SMILES string of the molecule is CCCCCCCCC/C=C/C=C/C=C/C=C/C=C/C(=O)OCCc1ccc(OC(=O)/C=C/C=C/C=C/C=C/C=C/CCCCCCCCC)c(OC(=O)/C=C/C=C/C=C/C=C/C=C/CCCCCCCCC)c1. The van der Waals surface area contributed by atoms with Gasteiger partial charge >= 0.3 is 17.9 Å². The van der Waals surface area contributed by atoms with Crippen molar-refractivity contribution in [3.63, 3.8) is 0 Å². The molecule has 402 valence electrons. The van der Waals surface area contributed by atoms with Crippen LogP contribution in [-0.2, 0) is 25.5 Å². The van der Waals surface area contributed by atoms with Crippen LogP contribution in [0.15, 0.2) is 200 Å². The normalized spacial score (nSPS) is 13.0. The van der Waals surface area contributed by atoms with Gasteiger partial charge in [0.05, 0.1) is 6.61 Å². The van der Waals surface area contributed by atoms with Gasteiger partial charge in [0.15, 0.2) is 11.5 Å². The largest absolute Gasteiger partial charge is 0.462 e. The smallest absolute Gasteiger partial charge is 0.336 e. The van der Waals surface area contributed by atoms with Crippen molar-refractivity contribution in [1.82, 2.24) is 0 Å². The zero-order chi connectivity index (χ0) is 53.3. The Hall–Kier alpha value is -6.27. The van der Waals surface area contributed by atoms with Gasteiger partial charge in [0, 0.05) is 24.6 Å². The Morgan fingerprint density at radius 1 is 0.338 bits per heavy atom. The van der Waals surface area contributed by atoms with E-state index in [4.69, 9.17) is 14.2 Å². The van der Waals surface area contributed by atoms with E-state index in [1.165, 1.54) is 153 Å². The second kappa shape index (κ2) is 53.0. The summed E-state index contributed by atoms with van der Waals surface area (Å²) in [5.74, 6) is -1.63. The van der Waals surface area contributed by atoms with E-state index in [0.29, 0.717) is 12.0 Å². The van der Waals surface area contributed by atoms with Crippen LogP contribution in [0.25, 0.3) is 0 Å². The van der Waals surface area contributed by atoms with Crippen molar-refractivity contribution in [2.24, 2.45) is 0 Å². The van der Waals surface area contributed by atoms with E-state index >= 15 is 0 Å². The molecule has 1 aromatic carbocycles. The molecule has 0 unspecified atom stereocenters. The number of carbonyl (C=O) groups is 3. The zero-order valence-corrected chi connectivity index (χ0v) is 45.9. The fraction of sp³-hybridized carbons (Fsp3) is 0.426. The minimum atomic E-state index is -0.650. The first-order chi connectivity index (χ1) is 36.5. The summed E-state index contributed by atoms with van der Waals surface area (Å²) in [6.07, 6.45) is 86.9. The van der Waals surface area contributed by atoms with E-state index in [1.807, 2.05) is 91.1 Å². The van der Waals surface area contributed by atoms with Crippen molar-refractivity contribution in [2.45, 2.75) is 181 Å². The Labute approximate surface area is 450 Å². The Bertz CT molecular complexity index is 2050. The number of unbranched alkanes of at least 4 members (excludes halogenated alkanes) is 21. The van der Waals surface area contributed by atoms with Crippen molar-refractivity contribution in [3.8, 4) is 11.5 Å². The van der Waals surface area contributed by atoms with Gasteiger partial charge in [0.1, 0.15) is 0 Å². The molecule has 0 aliphatic rings. The van der Waals surface area contributed by atoms with Crippen LogP contribution in [0.3, 0.4) is 0 Å². The molecule has 0 spiro atoms. The number of hydrogen-bond acceptors (Lipinski definition) is 6. The van der Waals surface area contributed by atoms with Crippen molar-refractivity contribution >= 4 is 17.9 Å². The highest BCUT2D eigenvalue weighted by molar-refractivity contribution is 5.87. The van der Waals surface area contributed by atoms with Crippen molar-refractivity contribution < 1.29 is 28.6 Å². The van der Waals surface area contributed by atoms with Gasteiger partial charge in [-0.2, -0.15) is 0 Å². The molecule has 0 amide bonds. The summed E-state index contributed by atoms with van der Waals surface area (Å²) >= 11 is 0. The summed E-state index contributed by atoms with van der Waals surface area (Å²) in [4.78, 5) is 38.1. The van der Waals surface area contributed by atoms with Gasteiger partial charge in [-0.15, -0.1) is 0 Å². The molecule has 6 heteroatoms. The monoisotopic (exact) mass is 1010 g/mol. The molecule has 0 saturated heterocycles. The lowest BCUT2D eigenvalue weighted by molar-refractivity contribution is -0.137. The highest BCUT2D eigenvalue weighted by Gasteiger charge is 2.13. The molecule has 0 heterocycles. The second-order valence-electron chi connectivity index (χ2n) is 18.1. The first-order valence-corrected chi connectivity index (χ1v) is 28.2. The minimum Gasteiger partial charge on any atom is -0.462 e. The lowest BCUT2D eigenvalue weighted by atomic mass is 10.1. The lowest BCUT2D eigenvalue weighted by Gasteiger charge is -2.11. The average Bonchev–Trinajstić information content (AvgIpc) is 3.39. The van der Waals surface area contributed by atoms with E-state index in [9.17, 15) is 14.4 Å². The summed E-state index contributed by atoms with van der Waals surface area (Å²) in [5, 5.41) is 0. The maximum absolute atomic E-state index is 12.9. The topological polar surface area (TPSA) is 78.9 Å². The summed E-state index contributed by atoms with van der Waals surface area (Å²) in [7, 11) is 0. The van der Waals surface area contributed by atoms with Gasteiger partial charge in [0.2, 0.25) is 0 Å². The third-order valence-electron chi connectivity index (χ3n) is 11.4. The number of carbonyl (C=O) groups excluding carboxylic acids is 3. The Balaban J connectivity index is 2.75. The van der Waals surface area contributed by atoms with Crippen LogP contribution < -0.4 is 9.47 Å². The number of allylic oxidation sites excluding steroid dienone is 27. The number of hydrogen-bond donors (Lipinski definition) is 0. The summed E-state index contributed by atoms with van der Waals surface area (Å²) < 4.78 is 16.7. The fourth-order valence-corrected chi connectivity index (χ4v) is 7.21. The van der Waals surface area contributed by atoms with Gasteiger partial charge < -0.3 is 14.2 Å². The molecule has 0 aromatic heterocycles. The van der Waals surface area contributed by atoms with Gasteiger partial charge in [-0.05, 0) is 56.2 Å². The standard InChI is InChI=1S/C68H94O6/c1-4-7-10-13-16-19-22-25-28-31-34-37-40-43-46-49-52-55-66(69)72-61-60-63-58-59-64(73-67(70)56-53-50-47-44-41-38-35-32-29-26-23-20-17-14-11-8-5-2)65(62-63)74-68(71)57-54-51-48-45-42-39-36-33-30-27-24-21-18-15-12-9-6-3/h28-59,62H,4-27,60-61H2,1-3H3/b31-28+,32-29+,33-30+,37-34+,38-35+,39-36+,43-40+,44-41+,45-42+,49-46+,50-47+,51-48+,55-52+,56-53+,57-54+. The average molecular weight is 1010 g/mol. The van der Waals surface area contributed by atoms with E-state index in [-0.39, 0.29) is 18.1 Å². The second-order valence-corrected chi connectivity index (χ2v) is 18.1. The predicted octanol–water partition coefficient (Wildman–Crippen LogP) is 19.3. The zero-order valence-electron chi connectivity index (χ0n) is 45.9. The summed E-state index contributed by atoms with van der Waals surface area (Å²) in [6.45, 7) is 6.84. The predicted molar refractivity (Wildman–Crippen MR) is 317 cm³/mol. The Morgan fingerprint density at radius 3 is 1.00 bits per heavy atom. The molecule has 74 heavy (non-hydrogen) atoms. The van der Waals surface area contributed by atoms with Crippen LogP contribution in [0.1, 0.15) is 180 Å². The van der Waals surface area contributed by atoms with E-state index < -0.39 is 17.9 Å². The van der Waals surface area contributed by atoms with Crippen LogP contribution in [-0.4, -0.2) is 24.5 Å². The van der Waals surface area contributed by atoms with Crippen LogP contribution in [0, 0.1) is 0 Å². The van der Waals surface area contributed by atoms with Crippen LogP contribution in [0.2, 0.25) is 0 Å². The molecule has 0 atom stereocenters. The van der Waals surface area contributed by atoms with Crippen molar-refractivity contribution in [1.29, 1.82) is 0 Å². The molecular formula is C68H94O6. The molecule has 0 aliphatic heterocycles. The first-order valence-electron chi connectivity index (χ1n) is 28.2. The van der Waals surface area contributed by atoms with Crippen molar-refractivity contribution in [2.75, 3.05) is 6.61 Å². The van der Waals surface area contributed by atoms with E-state index in [2.05, 4.69) is 57.2 Å². The van der Waals surface area contributed by atoms with E-state index in [0.717, 1.165) is 19.3 Å². The molecule has 0 bridgehead atoms. The number of benzene rings is 1. The number of ether oxygens (including phenoxy) is 3. The molecule has 0 saturated carbocycles. The molecule has 1 aromatic rings. The third-order valence-corrected chi connectivity index (χ3v) is 11.4. The van der Waals surface area contributed by atoms with Gasteiger partial charge in [-0.25, -0.2) is 14.4 Å². The fourth-order valence-electron chi connectivity index (χ4n) is 7.21. The van der Waals surface area contributed by atoms with E-state index in [1.54, 1.807) is 54.7 Å². The van der Waals surface area contributed by atoms with Gasteiger partial charge in [-0.3, -0.25) is 0 Å². The number of esters is 3. The minimum absolute atomic E-state index is 0.0634. The molecule has 6 nitrogen and oxygen atoms in total. The molecule has 0 N–H and O–H groups in total. The summed E-state index contributed by atoms with van der Waals surface area (Å²) in [6, 6.07) is 4.90. The van der Waals surface area contributed by atoms with Crippen molar-refractivity contribution in [3.05, 3.63) is 206 Å². The molecule has 0 fully saturated rings. The molecule has 0 aliphatic carbocycles. The number of rotatable bonds is 44. The maximum atomic E-state index is 12.9. The third kappa shape index (κ3) is 45.6. The maximum Gasteiger partial charge on any atom is 0.336 e. The van der Waals surface area contributed by atoms with Crippen LogP contribution in [0.5, 0.6) is 11.5 Å². The summed E-state index contributed by atoms with van der Waals surface area (Å²) in [5.41, 5.74) is 0.716. The highest BCUT2D eigenvalue weighted by Crippen LogP contribution is 2.29. The Morgan fingerprint density at radius 2 is 0.635 bits per heavy atom. The lowest BCUT2D eigenvalue weighted by Crippen LogP contribution is -2.10. The van der Waals surface area contributed by atoms with Gasteiger partial charge in [0.25, 0.3) is 0 Å². The van der Waals surface area contributed by atoms with Gasteiger partial charge in [-0.1, -0.05) is 306 Å². The molecule has 1 rings (SSSR count). The molecular weight excluding hydrogens is 913 g/mol. The Kier molecular flexibility index (Phi) is 47.1. The first kappa shape index (κ1) is 65.7. The quantitative estimate of drug-likeness (QED) is 0.0213. The van der Waals surface area contributed by atoms with Crippen LogP contribution in [0.4, 0.5) is 0 Å².